The largest absolute Gasteiger partial charge is 0.469 e. The van der Waals surface area contributed by atoms with Gasteiger partial charge in [-0.15, -0.1) is 0 Å². The predicted octanol–water partition coefficient (Wildman–Crippen LogP) is 6.87. The van der Waals surface area contributed by atoms with Crippen LogP contribution in [0.1, 0.15) is 83.8 Å². The molecule has 2 fully saturated rings. The Morgan fingerprint density at radius 3 is 2.08 bits per heavy atom. The second-order valence-corrected chi connectivity index (χ2v) is 17.2. The lowest BCUT2D eigenvalue weighted by molar-refractivity contribution is -0.146. The molecular formula is C43H50F5N9O5. The number of aliphatic hydroxyl groups excluding tert-OH is 1. The van der Waals surface area contributed by atoms with Crippen LogP contribution in [0.5, 0.6) is 5.75 Å². The molecule has 0 bridgehead atoms. The highest BCUT2D eigenvalue weighted by atomic mass is 19.3. The molecule has 0 saturated carbocycles. The lowest BCUT2D eigenvalue weighted by Crippen LogP contribution is -2.53. The van der Waals surface area contributed by atoms with Gasteiger partial charge in [-0.25, -0.2) is 31.9 Å². The number of aromatic amines is 2. The van der Waals surface area contributed by atoms with Crippen LogP contribution in [0.3, 0.4) is 0 Å². The maximum Gasteiger partial charge on any atom is 0.267 e. The van der Waals surface area contributed by atoms with E-state index in [0.717, 1.165) is 20.7 Å². The number of benzene rings is 2. The molecule has 0 aliphatic carbocycles. The summed E-state index contributed by atoms with van der Waals surface area (Å²) in [6.07, 6.45) is 0.162. The van der Waals surface area contributed by atoms with Crippen molar-refractivity contribution in [3.8, 4) is 39.5 Å². The number of hydrogen-bond donors (Lipinski definition) is 5. The SMILES string of the molecule is CCC1Oc2cc(-c3cnc(C4CC(F)(F)CN4C(=O)C(N)C(C)C)[nH]3)cc(F)c2-c2cc3cc(-c4cnc(C5CC(F)(F)CN5C(=O)C(NC(O)OC)C(C)C)[nH]4)ccc3n21. The second kappa shape index (κ2) is 16.1. The predicted molar refractivity (Wildman–Crippen MR) is 218 cm³/mol. The molecular weight excluding hydrogens is 818 g/mol. The molecule has 8 rings (SSSR count). The molecule has 6 atom stereocenters. The minimum atomic E-state index is -3.17. The van der Waals surface area contributed by atoms with Gasteiger partial charge in [-0.2, -0.15) is 0 Å². The third-order valence-corrected chi connectivity index (χ3v) is 12.1. The van der Waals surface area contributed by atoms with Crippen LogP contribution in [0.15, 0.2) is 48.8 Å². The molecule has 2 saturated heterocycles. The summed E-state index contributed by atoms with van der Waals surface area (Å²) in [6.45, 7) is 7.28. The van der Waals surface area contributed by atoms with Crippen molar-refractivity contribution in [1.82, 2.24) is 39.6 Å². The molecule has 2 amide bonds. The highest BCUT2D eigenvalue weighted by Crippen LogP contribution is 2.48. The number of imidazole rings is 2. The number of methoxy groups -OCH3 is 1. The number of hydrogen-bond acceptors (Lipinski definition) is 9. The van der Waals surface area contributed by atoms with E-state index in [-0.39, 0.29) is 34.8 Å². The molecule has 0 spiro atoms. The smallest absolute Gasteiger partial charge is 0.267 e. The number of nitrogens with two attached hydrogens (primary N) is 1. The Labute approximate surface area is 354 Å². The van der Waals surface area contributed by atoms with Crippen molar-refractivity contribution in [2.75, 3.05) is 20.2 Å². The zero-order valence-electron chi connectivity index (χ0n) is 35.1. The Morgan fingerprint density at radius 1 is 0.919 bits per heavy atom. The van der Waals surface area contributed by atoms with Gasteiger partial charge in [0.2, 0.25) is 18.2 Å². The maximum atomic E-state index is 16.4. The number of aliphatic hydroxyl groups is 1. The average molecular weight is 868 g/mol. The molecule has 6 unspecified atom stereocenters. The molecule has 6 heterocycles. The number of ether oxygens (including phenoxy) is 2. The first-order valence-electron chi connectivity index (χ1n) is 20.6. The van der Waals surface area contributed by atoms with E-state index in [0.29, 0.717) is 34.6 Å². The zero-order valence-corrected chi connectivity index (χ0v) is 35.1. The van der Waals surface area contributed by atoms with Gasteiger partial charge in [0.15, 0.2) is 6.23 Å². The standard InChI is InChI=1S/C43H50F5N9O5/c1-7-33-57-28-9-8-22(26-16-50-38(52-26)31-15-43(47,48)19-56(31)40(59)36(21(4)5)54-41(60)61-6)10-24(28)12-29(57)34-25(44)11-23(13-32(34)62-33)27-17-51-37(53-27)30-14-42(45,46)18-55(30)39(58)35(49)20(2)3/h8-13,16-17,20-21,30-31,33,35-36,41,54,60H,7,14-15,18-19,49H2,1-6H3,(H,50,52)(H,51,53). The van der Waals surface area contributed by atoms with E-state index >= 15 is 4.39 Å². The van der Waals surface area contributed by atoms with E-state index in [1.165, 1.54) is 25.6 Å². The van der Waals surface area contributed by atoms with E-state index < -0.39 is 92.2 Å². The fraction of sp³-hybridized carbons (Fsp3) is 0.488. The number of nitrogens with one attached hydrogen (secondary N) is 3. The van der Waals surface area contributed by atoms with Crippen LogP contribution in [-0.4, -0.2) is 102 Å². The number of amides is 2. The van der Waals surface area contributed by atoms with Crippen molar-refractivity contribution < 1.29 is 46.1 Å². The molecule has 332 valence electrons. The van der Waals surface area contributed by atoms with Crippen molar-refractivity contribution in [3.63, 3.8) is 0 Å². The molecule has 2 aromatic carbocycles. The monoisotopic (exact) mass is 867 g/mol. The molecule has 62 heavy (non-hydrogen) atoms. The highest BCUT2D eigenvalue weighted by molar-refractivity contribution is 5.92. The van der Waals surface area contributed by atoms with Crippen LogP contribution < -0.4 is 15.8 Å². The number of H-pyrrole nitrogens is 2. The van der Waals surface area contributed by atoms with E-state index in [9.17, 15) is 32.3 Å². The van der Waals surface area contributed by atoms with Crippen LogP contribution in [0.4, 0.5) is 22.0 Å². The molecule has 5 aromatic rings. The molecule has 19 heteroatoms. The van der Waals surface area contributed by atoms with Crippen molar-refractivity contribution in [3.05, 3.63) is 66.3 Å². The molecule has 0 radical (unpaired) electrons. The van der Waals surface area contributed by atoms with Gasteiger partial charge in [0, 0.05) is 42.9 Å². The van der Waals surface area contributed by atoms with Gasteiger partial charge in [0.05, 0.1) is 77.8 Å². The average Bonchev–Trinajstić information content (AvgIpc) is 4.07. The first kappa shape index (κ1) is 43.3. The first-order chi connectivity index (χ1) is 29.3. The number of likely N-dealkylation sites (tertiary alicyclic amines) is 2. The van der Waals surface area contributed by atoms with Gasteiger partial charge < -0.3 is 44.6 Å². The summed E-state index contributed by atoms with van der Waals surface area (Å²) in [5.74, 6) is -8.18. The van der Waals surface area contributed by atoms with Gasteiger partial charge >= 0.3 is 0 Å². The van der Waals surface area contributed by atoms with E-state index in [1.807, 2.05) is 35.8 Å². The minimum Gasteiger partial charge on any atom is -0.469 e. The molecule has 3 aliphatic heterocycles. The molecule has 6 N–H and O–H groups in total. The summed E-state index contributed by atoms with van der Waals surface area (Å²) < 4.78 is 88.9. The topological polar surface area (TPSA) is 180 Å². The Balaban J connectivity index is 1.08. The maximum absolute atomic E-state index is 16.4. The number of carbonyl (C=O) groups excluding carboxylic acids is 2. The summed E-state index contributed by atoms with van der Waals surface area (Å²) in [5.41, 5.74) is 9.48. The van der Waals surface area contributed by atoms with Gasteiger partial charge in [-0.3, -0.25) is 14.9 Å². The molecule has 14 nitrogen and oxygen atoms in total. The number of aromatic nitrogens is 5. The lowest BCUT2D eigenvalue weighted by Gasteiger charge is -2.31. The summed E-state index contributed by atoms with van der Waals surface area (Å²) in [5, 5.41) is 13.4. The molecule has 3 aliphatic rings. The Bertz CT molecular complexity index is 2500. The second-order valence-electron chi connectivity index (χ2n) is 17.2. The van der Waals surface area contributed by atoms with E-state index in [1.54, 1.807) is 33.8 Å². The van der Waals surface area contributed by atoms with Crippen molar-refractivity contribution >= 4 is 22.7 Å². The number of rotatable bonds is 12. The number of halogens is 5. The van der Waals surface area contributed by atoms with Crippen LogP contribution in [0.2, 0.25) is 0 Å². The lowest BCUT2D eigenvalue weighted by atomic mass is 10.0. The van der Waals surface area contributed by atoms with E-state index in [4.69, 9.17) is 15.2 Å². The number of nitrogens with zero attached hydrogens (tertiary/aromatic N) is 5. The van der Waals surface area contributed by atoms with Crippen LogP contribution in [0, 0.1) is 17.7 Å². The van der Waals surface area contributed by atoms with Gasteiger partial charge in [0.1, 0.15) is 23.2 Å². The Kier molecular flexibility index (Phi) is 11.2. The van der Waals surface area contributed by atoms with Gasteiger partial charge in [-0.1, -0.05) is 40.7 Å². The van der Waals surface area contributed by atoms with Crippen LogP contribution in [-0.2, 0) is 14.3 Å². The normalized spacial score (nSPS) is 22.0. The Morgan fingerprint density at radius 2 is 1.52 bits per heavy atom. The highest BCUT2D eigenvalue weighted by Gasteiger charge is 2.51. The van der Waals surface area contributed by atoms with Crippen molar-refractivity contribution in [2.24, 2.45) is 17.6 Å². The molecule has 3 aromatic heterocycles. The number of fused-ring (bicyclic) bond motifs is 5. The van der Waals surface area contributed by atoms with Crippen molar-refractivity contribution in [1.29, 1.82) is 0 Å². The minimum absolute atomic E-state index is 0.134. The van der Waals surface area contributed by atoms with Gasteiger partial charge in [0.25, 0.3) is 11.8 Å². The number of alkyl halides is 4. The third kappa shape index (κ3) is 7.83. The summed E-state index contributed by atoms with van der Waals surface area (Å²) in [6, 6.07) is 6.28. The Hall–Kier alpha value is -5.37. The van der Waals surface area contributed by atoms with Gasteiger partial charge in [-0.05, 0) is 42.2 Å². The van der Waals surface area contributed by atoms with Crippen LogP contribution >= 0.6 is 0 Å². The quantitative estimate of drug-likeness (QED) is 0.0662. The first-order valence-corrected chi connectivity index (χ1v) is 20.6. The van der Waals surface area contributed by atoms with Crippen LogP contribution in [0.25, 0.3) is 44.7 Å². The zero-order chi connectivity index (χ0) is 44.6. The van der Waals surface area contributed by atoms with Crippen molar-refractivity contribution in [2.45, 2.75) is 103 Å². The summed E-state index contributed by atoms with van der Waals surface area (Å²) in [4.78, 5) is 43.9. The third-order valence-electron chi connectivity index (χ3n) is 12.1. The summed E-state index contributed by atoms with van der Waals surface area (Å²) >= 11 is 0. The fourth-order valence-electron chi connectivity index (χ4n) is 8.77. The fourth-order valence-corrected chi connectivity index (χ4v) is 8.77. The number of carbonyl (C=O) groups is 2. The summed E-state index contributed by atoms with van der Waals surface area (Å²) in [7, 11) is 1.25. The van der Waals surface area contributed by atoms with E-state index in [2.05, 4.69) is 25.3 Å².